The van der Waals surface area contributed by atoms with Crippen molar-refractivity contribution in [3.63, 3.8) is 0 Å². The number of carbonyl (C=O) groups is 2. The number of anilines is 3. The fourth-order valence-corrected chi connectivity index (χ4v) is 5.95. The maximum Gasteiger partial charge on any atom is 0.250 e. The van der Waals surface area contributed by atoms with E-state index in [0.29, 0.717) is 23.5 Å². The van der Waals surface area contributed by atoms with Crippen molar-refractivity contribution in [2.45, 2.75) is 32.6 Å². The molecule has 0 bridgehead atoms. The topological polar surface area (TPSA) is 106 Å². The number of aryl methyl sites for hydroxylation is 1. The summed E-state index contributed by atoms with van der Waals surface area (Å²) in [5, 5.41) is 3.68. The van der Waals surface area contributed by atoms with Crippen LogP contribution in [0.25, 0.3) is 27.9 Å². The highest BCUT2D eigenvalue weighted by Gasteiger charge is 2.32. The molecule has 8 nitrogen and oxygen atoms in total. The van der Waals surface area contributed by atoms with Crippen LogP contribution in [0, 0.1) is 5.92 Å². The van der Waals surface area contributed by atoms with Crippen LogP contribution in [0.5, 0.6) is 0 Å². The number of nitrogens with two attached hydrogens (primary N) is 1. The van der Waals surface area contributed by atoms with Gasteiger partial charge in [-0.2, -0.15) is 0 Å². The number of amides is 2. The van der Waals surface area contributed by atoms with E-state index in [1.807, 2.05) is 59.0 Å². The smallest absolute Gasteiger partial charge is 0.250 e. The number of nitrogen functional groups attached to an aromatic ring is 1. The van der Waals surface area contributed by atoms with Gasteiger partial charge in [0, 0.05) is 42.0 Å². The molecule has 2 aliphatic rings. The Kier molecular flexibility index (Phi) is 6.46. The molecule has 202 valence electrons. The SMILES string of the molecule is C=C(C)C(=O)Nc1ccc(-c2c(C3=CC[C@@H](C(=O)N4CCc5ccccc54)CC3)c3c(N)ncnc3n2C)cc1. The molecule has 3 heterocycles. The number of benzene rings is 2. The van der Waals surface area contributed by atoms with Gasteiger partial charge in [0.15, 0.2) is 0 Å². The third-order valence-corrected chi connectivity index (χ3v) is 8.03. The number of nitrogens with one attached hydrogen (secondary N) is 1. The largest absolute Gasteiger partial charge is 0.383 e. The standard InChI is InChI=1S/C32H32N6O2/c1-19(2)31(39)36-24-14-12-22(13-15-24)28-26(27-29(33)34-18-35-30(27)37(28)3)21-8-10-23(11-9-21)32(40)38-17-16-20-6-4-5-7-25(20)38/h4-8,12-15,18,23H,1,9-11,16-17H2,2-3H3,(H,36,39)(H2,33,34,35)/t23-/m1/s1. The molecule has 3 N–H and O–H groups in total. The lowest BCUT2D eigenvalue weighted by molar-refractivity contribution is -0.122. The van der Waals surface area contributed by atoms with Crippen LogP contribution in [-0.2, 0) is 23.1 Å². The molecule has 0 unspecified atom stereocenters. The predicted molar refractivity (Wildman–Crippen MR) is 160 cm³/mol. The van der Waals surface area contributed by atoms with E-state index in [4.69, 9.17) is 5.73 Å². The zero-order valence-electron chi connectivity index (χ0n) is 22.8. The second-order valence-corrected chi connectivity index (χ2v) is 10.6. The van der Waals surface area contributed by atoms with Crippen molar-refractivity contribution in [1.29, 1.82) is 0 Å². The Morgan fingerprint density at radius 2 is 1.85 bits per heavy atom. The average Bonchev–Trinajstić information content (AvgIpc) is 3.53. The van der Waals surface area contributed by atoms with E-state index in [0.717, 1.165) is 64.9 Å². The molecule has 0 spiro atoms. The van der Waals surface area contributed by atoms with Gasteiger partial charge in [-0.25, -0.2) is 9.97 Å². The van der Waals surface area contributed by atoms with Crippen molar-refractivity contribution in [3.8, 4) is 11.3 Å². The summed E-state index contributed by atoms with van der Waals surface area (Å²) >= 11 is 0. The summed E-state index contributed by atoms with van der Waals surface area (Å²) in [7, 11) is 1.98. The number of carbonyl (C=O) groups excluding carboxylic acids is 2. The summed E-state index contributed by atoms with van der Waals surface area (Å²) in [6.07, 6.45) is 6.77. The molecule has 40 heavy (non-hydrogen) atoms. The summed E-state index contributed by atoms with van der Waals surface area (Å²) in [6, 6.07) is 15.9. The van der Waals surface area contributed by atoms with Gasteiger partial charge in [0.25, 0.3) is 5.91 Å². The molecule has 0 fully saturated rings. The first-order valence-electron chi connectivity index (χ1n) is 13.6. The Morgan fingerprint density at radius 1 is 1.07 bits per heavy atom. The molecule has 0 saturated carbocycles. The molecule has 0 radical (unpaired) electrons. The van der Waals surface area contributed by atoms with Gasteiger partial charge in [-0.05, 0) is 67.5 Å². The summed E-state index contributed by atoms with van der Waals surface area (Å²) in [5.74, 6) is 0.363. The van der Waals surface area contributed by atoms with Gasteiger partial charge < -0.3 is 20.5 Å². The molecule has 6 rings (SSSR count). The Balaban J connectivity index is 1.34. The maximum absolute atomic E-state index is 13.5. The lowest BCUT2D eigenvalue weighted by Crippen LogP contribution is -2.35. The normalized spacial score (nSPS) is 16.5. The number of hydrogen-bond acceptors (Lipinski definition) is 5. The number of rotatable bonds is 5. The van der Waals surface area contributed by atoms with E-state index in [9.17, 15) is 9.59 Å². The zero-order chi connectivity index (χ0) is 28.0. The number of para-hydroxylation sites is 1. The lowest BCUT2D eigenvalue weighted by Gasteiger charge is -2.27. The maximum atomic E-state index is 13.5. The van der Waals surface area contributed by atoms with E-state index in [-0.39, 0.29) is 17.7 Å². The van der Waals surface area contributed by atoms with Crippen LogP contribution in [0.4, 0.5) is 17.2 Å². The minimum absolute atomic E-state index is 0.0573. The molecule has 8 heteroatoms. The number of hydrogen-bond donors (Lipinski definition) is 2. The number of nitrogens with zero attached hydrogens (tertiary/aromatic N) is 4. The van der Waals surface area contributed by atoms with Crippen LogP contribution in [0.15, 0.2) is 73.1 Å². The quantitative estimate of drug-likeness (QED) is 0.330. The first-order chi connectivity index (χ1) is 19.3. The fourth-order valence-electron chi connectivity index (χ4n) is 5.95. The molecule has 4 aromatic rings. The van der Waals surface area contributed by atoms with E-state index in [1.165, 1.54) is 11.9 Å². The molecule has 1 aliphatic carbocycles. The van der Waals surface area contributed by atoms with Gasteiger partial charge in [-0.3, -0.25) is 9.59 Å². The molecule has 2 aromatic carbocycles. The Morgan fingerprint density at radius 3 is 2.58 bits per heavy atom. The Hall–Kier alpha value is -4.72. The second kappa shape index (κ2) is 10.1. The van der Waals surface area contributed by atoms with Gasteiger partial charge >= 0.3 is 0 Å². The van der Waals surface area contributed by atoms with E-state index < -0.39 is 0 Å². The minimum atomic E-state index is -0.213. The summed E-state index contributed by atoms with van der Waals surface area (Å²) in [4.78, 5) is 36.4. The van der Waals surface area contributed by atoms with Crippen molar-refractivity contribution in [2.24, 2.45) is 13.0 Å². The van der Waals surface area contributed by atoms with Crippen molar-refractivity contribution >= 4 is 45.6 Å². The molecular formula is C32H32N6O2. The fraction of sp³-hybridized carbons (Fsp3) is 0.250. The predicted octanol–water partition coefficient (Wildman–Crippen LogP) is 5.50. The number of aromatic nitrogens is 3. The number of fused-ring (bicyclic) bond motifs is 2. The molecular weight excluding hydrogens is 500 g/mol. The summed E-state index contributed by atoms with van der Waals surface area (Å²) in [5.41, 5.74) is 14.7. The average molecular weight is 533 g/mol. The van der Waals surface area contributed by atoms with E-state index in [1.54, 1.807) is 6.92 Å². The lowest BCUT2D eigenvalue weighted by atomic mass is 9.84. The van der Waals surface area contributed by atoms with Gasteiger partial charge in [-0.15, -0.1) is 0 Å². The number of allylic oxidation sites excluding steroid dienone is 2. The summed E-state index contributed by atoms with van der Waals surface area (Å²) in [6.45, 7) is 6.13. The molecule has 2 amide bonds. The highest BCUT2D eigenvalue weighted by atomic mass is 16.2. The van der Waals surface area contributed by atoms with Crippen LogP contribution < -0.4 is 16.0 Å². The van der Waals surface area contributed by atoms with Gasteiger partial charge in [0.2, 0.25) is 5.91 Å². The van der Waals surface area contributed by atoms with Crippen molar-refractivity contribution in [1.82, 2.24) is 14.5 Å². The highest BCUT2D eigenvalue weighted by molar-refractivity contribution is 6.05. The van der Waals surface area contributed by atoms with Gasteiger partial charge in [0.1, 0.15) is 17.8 Å². The van der Waals surface area contributed by atoms with E-state index >= 15 is 0 Å². The molecule has 0 saturated heterocycles. The van der Waals surface area contributed by atoms with Crippen LogP contribution >= 0.6 is 0 Å². The van der Waals surface area contributed by atoms with Gasteiger partial charge in [-0.1, -0.05) is 43.0 Å². The Bertz CT molecular complexity index is 1700. The monoisotopic (exact) mass is 532 g/mol. The third-order valence-electron chi connectivity index (χ3n) is 8.03. The first-order valence-corrected chi connectivity index (χ1v) is 13.6. The van der Waals surface area contributed by atoms with Crippen LogP contribution in [0.1, 0.15) is 37.3 Å². The van der Waals surface area contributed by atoms with Crippen molar-refractivity contribution in [2.75, 3.05) is 22.5 Å². The van der Waals surface area contributed by atoms with Crippen molar-refractivity contribution in [3.05, 3.63) is 84.2 Å². The van der Waals surface area contributed by atoms with Crippen LogP contribution in [0.3, 0.4) is 0 Å². The molecule has 2 aromatic heterocycles. The zero-order valence-corrected chi connectivity index (χ0v) is 22.8. The van der Waals surface area contributed by atoms with Crippen molar-refractivity contribution < 1.29 is 9.59 Å². The first kappa shape index (κ1) is 25.6. The minimum Gasteiger partial charge on any atom is -0.383 e. The van der Waals surface area contributed by atoms with Crippen LogP contribution in [0.2, 0.25) is 0 Å². The van der Waals surface area contributed by atoms with E-state index in [2.05, 4.69) is 34.0 Å². The van der Waals surface area contributed by atoms with Gasteiger partial charge in [0.05, 0.1) is 11.1 Å². The highest BCUT2D eigenvalue weighted by Crippen LogP contribution is 2.43. The van der Waals surface area contributed by atoms with Crippen LogP contribution in [-0.4, -0.2) is 32.9 Å². The summed E-state index contributed by atoms with van der Waals surface area (Å²) < 4.78 is 2.05. The molecule has 1 atom stereocenters. The second-order valence-electron chi connectivity index (χ2n) is 10.6. The third kappa shape index (κ3) is 4.35. The molecule has 1 aliphatic heterocycles. The Labute approximate surface area is 233 Å².